The first-order chi connectivity index (χ1) is 22.9. The van der Waals surface area contributed by atoms with E-state index >= 15 is 0 Å². The molecule has 1 heterocycles. The van der Waals surface area contributed by atoms with Crippen LogP contribution < -0.4 is 5.32 Å². The number of aliphatic hydroxyl groups is 4. The molecule has 9 heteroatoms. The van der Waals surface area contributed by atoms with Crippen molar-refractivity contribution in [2.24, 2.45) is 46.3 Å². The van der Waals surface area contributed by atoms with E-state index in [1.54, 1.807) is 0 Å². The van der Waals surface area contributed by atoms with Crippen molar-refractivity contribution < 1.29 is 39.4 Å². The van der Waals surface area contributed by atoms with Crippen LogP contribution in [-0.4, -0.2) is 83.1 Å². The lowest BCUT2D eigenvalue weighted by Crippen LogP contribution is -2.59. The number of carbonyl (C=O) groups is 1. The predicted octanol–water partition coefficient (Wildman–Crippen LogP) is 6.11. The van der Waals surface area contributed by atoms with E-state index in [2.05, 4.69) is 46.0 Å². The number of alkyl carbamates (subject to hydrolysis) is 1. The van der Waals surface area contributed by atoms with Crippen LogP contribution in [0.2, 0.25) is 0 Å². The van der Waals surface area contributed by atoms with E-state index in [-0.39, 0.29) is 24.2 Å². The van der Waals surface area contributed by atoms with Crippen LogP contribution in [0.15, 0.2) is 11.6 Å². The summed E-state index contributed by atoms with van der Waals surface area (Å²) in [6.45, 7) is 12.7. The van der Waals surface area contributed by atoms with Gasteiger partial charge in [-0.1, -0.05) is 65.5 Å². The Bertz CT molecular complexity index is 1080. The number of allylic oxidation sites excluding steroid dienone is 1. The van der Waals surface area contributed by atoms with Gasteiger partial charge in [-0.15, -0.1) is 0 Å². The minimum absolute atomic E-state index is 0.0655. The van der Waals surface area contributed by atoms with Gasteiger partial charge >= 0.3 is 6.09 Å². The van der Waals surface area contributed by atoms with Crippen LogP contribution in [0, 0.1) is 46.3 Å². The fourth-order valence-electron chi connectivity index (χ4n) is 10.9. The van der Waals surface area contributed by atoms with E-state index < -0.39 is 37.3 Å². The summed E-state index contributed by atoms with van der Waals surface area (Å²) in [7, 11) is 0. The van der Waals surface area contributed by atoms with Crippen molar-refractivity contribution in [1.82, 2.24) is 5.32 Å². The van der Waals surface area contributed by atoms with Crippen LogP contribution in [0.1, 0.15) is 125 Å². The van der Waals surface area contributed by atoms with Crippen molar-refractivity contribution in [1.29, 1.82) is 0 Å². The Hall–Kier alpha value is -1.23. The van der Waals surface area contributed by atoms with E-state index in [1.165, 1.54) is 56.9 Å². The number of fused-ring (bicyclic) bond motifs is 5. The minimum Gasteiger partial charge on any atom is -0.446 e. The van der Waals surface area contributed by atoms with E-state index in [0.717, 1.165) is 67.6 Å². The Kier molecular flexibility index (Phi) is 13.0. The van der Waals surface area contributed by atoms with Gasteiger partial charge in [0, 0.05) is 19.6 Å². The fourth-order valence-corrected chi connectivity index (χ4v) is 10.9. The molecule has 0 bridgehead atoms. The molecule has 3 saturated carbocycles. The quantitative estimate of drug-likeness (QED) is 0.110. The number of carbonyl (C=O) groups excluding carboxylic acids is 1. The molecule has 4 fully saturated rings. The smallest absolute Gasteiger partial charge is 0.407 e. The van der Waals surface area contributed by atoms with Crippen molar-refractivity contribution in [2.45, 2.75) is 161 Å². The highest BCUT2D eigenvalue weighted by molar-refractivity contribution is 5.67. The van der Waals surface area contributed by atoms with E-state index in [0.29, 0.717) is 18.4 Å². The highest BCUT2D eigenvalue weighted by atomic mass is 16.7. The summed E-state index contributed by atoms with van der Waals surface area (Å²) in [5.74, 6) is 4.92. The standard InChI is InChI=1S/C39H67NO8/c1-24(2)10-9-11-25(3)29-14-15-30-28-13-12-26-22-27(16-18-38(26,4)31(28)17-19-39(29,30)5)47-37(45)40-20-7-6-8-21-46-36-35(44)34(43)33(42)32(23-41)48-36/h12,24-25,27-36,41-44H,6-11,13-23H2,1-5H3,(H,40,45)/t25-,27+,28+,29-,30+,31+,32-,33+,34-,35-,36-,38+,39-/m1/s1. The zero-order chi connectivity index (χ0) is 34.6. The summed E-state index contributed by atoms with van der Waals surface area (Å²) in [4.78, 5) is 12.7. The molecular weight excluding hydrogens is 610 g/mol. The zero-order valence-corrected chi connectivity index (χ0v) is 30.4. The molecule has 4 aliphatic carbocycles. The molecule has 1 aliphatic heterocycles. The maximum absolute atomic E-state index is 12.7. The van der Waals surface area contributed by atoms with Gasteiger partial charge in [-0.25, -0.2) is 4.79 Å². The van der Waals surface area contributed by atoms with Gasteiger partial charge in [0.15, 0.2) is 6.29 Å². The highest BCUT2D eigenvalue weighted by Gasteiger charge is 2.59. The lowest BCUT2D eigenvalue weighted by molar-refractivity contribution is -0.301. The van der Waals surface area contributed by atoms with Crippen LogP contribution in [0.5, 0.6) is 0 Å². The number of unbranched alkanes of at least 4 members (excludes halogenated alkanes) is 2. The molecule has 5 N–H and O–H groups in total. The number of hydrogen-bond donors (Lipinski definition) is 5. The first-order valence-electron chi connectivity index (χ1n) is 19.4. The number of hydrogen-bond acceptors (Lipinski definition) is 8. The van der Waals surface area contributed by atoms with E-state index in [4.69, 9.17) is 14.2 Å². The van der Waals surface area contributed by atoms with Gasteiger partial charge in [-0.3, -0.25) is 0 Å². The summed E-state index contributed by atoms with van der Waals surface area (Å²) in [6.07, 6.45) is 11.8. The minimum atomic E-state index is -1.44. The highest BCUT2D eigenvalue weighted by Crippen LogP contribution is 2.67. The Balaban J connectivity index is 1.02. The van der Waals surface area contributed by atoms with Crippen molar-refractivity contribution >= 4 is 6.09 Å². The maximum Gasteiger partial charge on any atom is 0.407 e. The van der Waals surface area contributed by atoms with Crippen LogP contribution in [0.25, 0.3) is 0 Å². The average molecular weight is 678 g/mol. The SMILES string of the molecule is CC(C)CCC[C@@H](C)[C@H]1CC[C@H]2[C@@H]3CC=C4C[C@@H](OC(=O)NCCCCCO[C@@H]5O[C@H](CO)[C@H](O)[C@@H](O)[C@H]5O)CC[C@]4(C)[C@H]3CC[C@]12C. The number of ether oxygens (including phenoxy) is 3. The van der Waals surface area contributed by atoms with Gasteiger partial charge in [-0.05, 0) is 111 Å². The molecule has 276 valence electrons. The number of amides is 1. The molecule has 0 radical (unpaired) electrons. The Labute approximate surface area is 289 Å². The van der Waals surface area contributed by atoms with E-state index in [9.17, 15) is 25.2 Å². The fraction of sp³-hybridized carbons (Fsp3) is 0.923. The second kappa shape index (κ2) is 16.4. The lowest BCUT2D eigenvalue weighted by Gasteiger charge is -2.58. The zero-order valence-electron chi connectivity index (χ0n) is 30.4. The molecule has 0 unspecified atom stereocenters. The largest absolute Gasteiger partial charge is 0.446 e. The third-order valence-corrected chi connectivity index (χ3v) is 13.8. The molecular formula is C39H67NO8. The molecule has 9 nitrogen and oxygen atoms in total. The summed E-state index contributed by atoms with van der Waals surface area (Å²) < 4.78 is 16.8. The monoisotopic (exact) mass is 677 g/mol. The Morgan fingerprint density at radius 3 is 2.50 bits per heavy atom. The molecule has 0 aromatic heterocycles. The molecule has 5 rings (SSSR count). The molecule has 1 amide bonds. The van der Waals surface area contributed by atoms with Gasteiger partial charge in [-0.2, -0.15) is 0 Å². The third kappa shape index (κ3) is 8.12. The second-order valence-electron chi connectivity index (χ2n) is 17.1. The molecule has 1 saturated heterocycles. The lowest BCUT2D eigenvalue weighted by atomic mass is 9.47. The summed E-state index contributed by atoms with van der Waals surface area (Å²) in [5.41, 5.74) is 2.27. The van der Waals surface area contributed by atoms with Crippen LogP contribution >= 0.6 is 0 Å². The molecule has 0 aromatic rings. The van der Waals surface area contributed by atoms with E-state index in [1.807, 2.05) is 0 Å². The normalized spacial score (nSPS) is 41.6. The second-order valence-corrected chi connectivity index (χ2v) is 17.1. The number of aliphatic hydroxyl groups excluding tert-OH is 4. The predicted molar refractivity (Wildman–Crippen MR) is 185 cm³/mol. The first kappa shape index (κ1) is 38.0. The molecule has 13 atom stereocenters. The molecule has 5 aliphatic rings. The summed E-state index contributed by atoms with van der Waals surface area (Å²) in [6, 6.07) is 0. The number of nitrogens with one attached hydrogen (secondary N) is 1. The van der Waals surface area contributed by atoms with Gasteiger partial charge < -0.3 is 40.0 Å². The van der Waals surface area contributed by atoms with Gasteiger partial charge in [0.2, 0.25) is 0 Å². The number of rotatable bonds is 14. The molecule has 0 aromatic carbocycles. The Morgan fingerprint density at radius 1 is 0.958 bits per heavy atom. The Morgan fingerprint density at radius 2 is 1.75 bits per heavy atom. The summed E-state index contributed by atoms with van der Waals surface area (Å²) >= 11 is 0. The maximum atomic E-state index is 12.7. The van der Waals surface area contributed by atoms with Gasteiger partial charge in [0.1, 0.15) is 30.5 Å². The van der Waals surface area contributed by atoms with Gasteiger partial charge in [0.05, 0.1) is 6.61 Å². The summed E-state index contributed by atoms with van der Waals surface area (Å²) in [5, 5.41) is 42.1. The molecule has 48 heavy (non-hydrogen) atoms. The van der Waals surface area contributed by atoms with Crippen LogP contribution in [0.3, 0.4) is 0 Å². The topological polar surface area (TPSA) is 138 Å². The first-order valence-corrected chi connectivity index (χ1v) is 19.4. The van der Waals surface area contributed by atoms with Crippen molar-refractivity contribution in [3.8, 4) is 0 Å². The van der Waals surface area contributed by atoms with Crippen molar-refractivity contribution in [3.63, 3.8) is 0 Å². The third-order valence-electron chi connectivity index (χ3n) is 13.8. The average Bonchev–Trinajstić information content (AvgIpc) is 3.41. The van der Waals surface area contributed by atoms with Gasteiger partial charge in [0.25, 0.3) is 0 Å². The van der Waals surface area contributed by atoms with Crippen molar-refractivity contribution in [2.75, 3.05) is 19.8 Å². The molecule has 0 spiro atoms. The van der Waals surface area contributed by atoms with Crippen LogP contribution in [-0.2, 0) is 14.2 Å². The van der Waals surface area contributed by atoms with Crippen LogP contribution in [0.4, 0.5) is 4.79 Å². The van der Waals surface area contributed by atoms with Crippen molar-refractivity contribution in [3.05, 3.63) is 11.6 Å².